The Morgan fingerprint density at radius 3 is 3.00 bits per heavy atom. The van der Waals surface area contributed by atoms with Gasteiger partial charge in [0, 0.05) is 43.3 Å². The van der Waals surface area contributed by atoms with Gasteiger partial charge in [-0.2, -0.15) is 0 Å². The summed E-state index contributed by atoms with van der Waals surface area (Å²) < 4.78 is 0. The average molecular weight is 350 g/mol. The Balaban J connectivity index is 1.49. The number of benzene rings is 1. The van der Waals surface area contributed by atoms with Crippen LogP contribution in [0.2, 0.25) is 5.02 Å². The summed E-state index contributed by atoms with van der Waals surface area (Å²) in [5.74, 6) is 0.468. The van der Waals surface area contributed by atoms with Gasteiger partial charge in [-0.25, -0.2) is 0 Å². The normalized spacial score (nSPS) is 23.9. The zero-order valence-corrected chi connectivity index (χ0v) is 14.7. The SMILES string of the molecule is Cc1ccc(Cl)cc1N1CC[C@@H](CNC(=O)[C@@H]2CCC(=O)NC2)C1. The summed E-state index contributed by atoms with van der Waals surface area (Å²) in [6, 6.07) is 5.98. The van der Waals surface area contributed by atoms with Gasteiger partial charge in [-0.1, -0.05) is 17.7 Å². The van der Waals surface area contributed by atoms with E-state index in [-0.39, 0.29) is 17.7 Å². The Labute approximate surface area is 147 Å². The van der Waals surface area contributed by atoms with Crippen LogP contribution in [0.3, 0.4) is 0 Å². The molecule has 2 heterocycles. The molecular weight excluding hydrogens is 326 g/mol. The molecule has 2 amide bonds. The van der Waals surface area contributed by atoms with Crippen LogP contribution >= 0.6 is 11.6 Å². The molecule has 0 bridgehead atoms. The highest BCUT2D eigenvalue weighted by Gasteiger charge is 2.27. The molecule has 2 aliphatic heterocycles. The van der Waals surface area contributed by atoms with E-state index in [1.165, 1.54) is 11.3 Å². The molecule has 2 aliphatic rings. The summed E-state index contributed by atoms with van der Waals surface area (Å²) in [6.45, 7) is 5.17. The molecule has 0 spiro atoms. The molecule has 0 aromatic heterocycles. The molecule has 24 heavy (non-hydrogen) atoms. The van der Waals surface area contributed by atoms with Crippen LogP contribution in [-0.4, -0.2) is 38.0 Å². The zero-order valence-electron chi connectivity index (χ0n) is 14.0. The second kappa shape index (κ2) is 7.43. The van der Waals surface area contributed by atoms with E-state index in [1.807, 2.05) is 18.2 Å². The van der Waals surface area contributed by atoms with Crippen molar-refractivity contribution in [3.8, 4) is 0 Å². The van der Waals surface area contributed by atoms with Crippen molar-refractivity contribution in [3.05, 3.63) is 28.8 Å². The second-order valence-corrected chi connectivity index (χ2v) is 7.25. The Hall–Kier alpha value is -1.75. The number of anilines is 1. The Morgan fingerprint density at radius 2 is 2.25 bits per heavy atom. The van der Waals surface area contributed by atoms with Gasteiger partial charge in [-0.3, -0.25) is 9.59 Å². The first-order chi connectivity index (χ1) is 11.5. The number of carbonyl (C=O) groups excluding carboxylic acids is 2. The molecule has 2 fully saturated rings. The number of hydrogen-bond donors (Lipinski definition) is 2. The molecule has 2 atom stereocenters. The standard InChI is InChI=1S/C18H24ClN3O2/c1-12-2-4-15(19)8-16(12)22-7-6-13(11-22)9-21-18(24)14-3-5-17(23)20-10-14/h2,4,8,13-14H,3,5-7,9-11H2,1H3,(H,20,23)(H,21,24)/t13-,14+/m0/s1. The lowest BCUT2D eigenvalue weighted by Crippen LogP contribution is -2.44. The summed E-state index contributed by atoms with van der Waals surface area (Å²) in [7, 11) is 0. The fraction of sp³-hybridized carbons (Fsp3) is 0.556. The highest BCUT2D eigenvalue weighted by molar-refractivity contribution is 6.30. The van der Waals surface area contributed by atoms with Crippen LogP contribution in [0.15, 0.2) is 18.2 Å². The molecule has 2 N–H and O–H groups in total. The van der Waals surface area contributed by atoms with E-state index in [4.69, 9.17) is 11.6 Å². The number of halogens is 1. The molecule has 0 aliphatic carbocycles. The van der Waals surface area contributed by atoms with Crippen molar-refractivity contribution in [3.63, 3.8) is 0 Å². The molecule has 6 heteroatoms. The lowest BCUT2D eigenvalue weighted by Gasteiger charge is -2.23. The van der Waals surface area contributed by atoms with Gasteiger partial charge in [0.2, 0.25) is 11.8 Å². The third-order valence-electron chi connectivity index (χ3n) is 5.00. The number of piperidine rings is 1. The van der Waals surface area contributed by atoms with Crippen molar-refractivity contribution in [2.45, 2.75) is 26.2 Å². The molecule has 0 radical (unpaired) electrons. The highest BCUT2D eigenvalue weighted by atomic mass is 35.5. The van der Waals surface area contributed by atoms with E-state index in [9.17, 15) is 9.59 Å². The van der Waals surface area contributed by atoms with Gasteiger partial charge in [0.25, 0.3) is 0 Å². The van der Waals surface area contributed by atoms with Crippen LogP contribution in [-0.2, 0) is 9.59 Å². The van der Waals surface area contributed by atoms with E-state index in [2.05, 4.69) is 22.5 Å². The van der Waals surface area contributed by atoms with Gasteiger partial charge in [-0.15, -0.1) is 0 Å². The van der Waals surface area contributed by atoms with Crippen LogP contribution in [0.25, 0.3) is 0 Å². The zero-order chi connectivity index (χ0) is 17.1. The summed E-state index contributed by atoms with van der Waals surface area (Å²) in [5, 5.41) is 6.58. The molecule has 130 valence electrons. The van der Waals surface area contributed by atoms with Crippen LogP contribution in [0, 0.1) is 18.8 Å². The molecular formula is C18H24ClN3O2. The van der Waals surface area contributed by atoms with Gasteiger partial charge in [-0.05, 0) is 43.4 Å². The van der Waals surface area contributed by atoms with Crippen LogP contribution in [0.1, 0.15) is 24.8 Å². The van der Waals surface area contributed by atoms with Crippen molar-refractivity contribution < 1.29 is 9.59 Å². The highest BCUT2D eigenvalue weighted by Crippen LogP contribution is 2.29. The van der Waals surface area contributed by atoms with Crippen LogP contribution in [0.5, 0.6) is 0 Å². The minimum atomic E-state index is -0.0876. The molecule has 1 aromatic carbocycles. The fourth-order valence-electron chi connectivity index (χ4n) is 3.49. The third kappa shape index (κ3) is 4.01. The molecule has 5 nitrogen and oxygen atoms in total. The smallest absolute Gasteiger partial charge is 0.224 e. The predicted octanol–water partition coefficient (Wildman–Crippen LogP) is 2.12. The van der Waals surface area contributed by atoms with Crippen LogP contribution in [0.4, 0.5) is 5.69 Å². The van der Waals surface area contributed by atoms with E-state index in [1.54, 1.807) is 0 Å². The van der Waals surface area contributed by atoms with Crippen molar-refractivity contribution in [2.75, 3.05) is 31.1 Å². The maximum atomic E-state index is 12.2. The summed E-state index contributed by atoms with van der Waals surface area (Å²) in [6.07, 6.45) is 2.16. The van der Waals surface area contributed by atoms with Crippen LogP contribution < -0.4 is 15.5 Å². The largest absolute Gasteiger partial charge is 0.371 e. The van der Waals surface area contributed by atoms with E-state index in [0.29, 0.717) is 31.8 Å². The number of aryl methyl sites for hydroxylation is 1. The second-order valence-electron chi connectivity index (χ2n) is 6.82. The van der Waals surface area contributed by atoms with Crippen molar-refractivity contribution in [1.82, 2.24) is 10.6 Å². The maximum absolute atomic E-state index is 12.2. The number of nitrogens with one attached hydrogen (secondary N) is 2. The van der Waals surface area contributed by atoms with Gasteiger partial charge in [0.15, 0.2) is 0 Å². The monoisotopic (exact) mass is 349 g/mol. The molecule has 0 saturated carbocycles. The topological polar surface area (TPSA) is 61.4 Å². The first-order valence-corrected chi connectivity index (χ1v) is 8.96. The number of amides is 2. The molecule has 3 rings (SSSR count). The first-order valence-electron chi connectivity index (χ1n) is 8.58. The number of rotatable bonds is 4. The van der Waals surface area contributed by atoms with E-state index in [0.717, 1.165) is 24.5 Å². The van der Waals surface area contributed by atoms with Crippen molar-refractivity contribution in [2.24, 2.45) is 11.8 Å². The quantitative estimate of drug-likeness (QED) is 0.875. The van der Waals surface area contributed by atoms with Gasteiger partial charge >= 0.3 is 0 Å². The summed E-state index contributed by atoms with van der Waals surface area (Å²) in [4.78, 5) is 25.7. The molecule has 2 saturated heterocycles. The minimum absolute atomic E-state index is 0.0439. The number of hydrogen-bond acceptors (Lipinski definition) is 3. The van der Waals surface area contributed by atoms with Crippen molar-refractivity contribution in [1.29, 1.82) is 0 Å². The summed E-state index contributed by atoms with van der Waals surface area (Å²) in [5.41, 5.74) is 2.41. The summed E-state index contributed by atoms with van der Waals surface area (Å²) >= 11 is 6.12. The van der Waals surface area contributed by atoms with E-state index >= 15 is 0 Å². The average Bonchev–Trinajstić information content (AvgIpc) is 3.04. The molecule has 1 aromatic rings. The van der Waals surface area contributed by atoms with Gasteiger partial charge in [0.05, 0.1) is 5.92 Å². The number of carbonyl (C=O) groups is 2. The Morgan fingerprint density at radius 1 is 1.42 bits per heavy atom. The van der Waals surface area contributed by atoms with Gasteiger partial charge < -0.3 is 15.5 Å². The minimum Gasteiger partial charge on any atom is -0.371 e. The lowest BCUT2D eigenvalue weighted by molar-refractivity contribution is -0.129. The van der Waals surface area contributed by atoms with Gasteiger partial charge in [0.1, 0.15) is 0 Å². The third-order valence-corrected chi connectivity index (χ3v) is 5.23. The lowest BCUT2D eigenvalue weighted by atomic mass is 9.98. The Kier molecular flexibility index (Phi) is 5.29. The number of nitrogens with zero attached hydrogens (tertiary/aromatic N) is 1. The molecule has 0 unspecified atom stereocenters. The van der Waals surface area contributed by atoms with Crippen molar-refractivity contribution >= 4 is 29.1 Å². The maximum Gasteiger partial charge on any atom is 0.224 e. The first kappa shape index (κ1) is 17.1. The van der Waals surface area contributed by atoms with E-state index < -0.39 is 0 Å². The predicted molar refractivity (Wildman–Crippen MR) is 95.3 cm³/mol. The fourth-order valence-corrected chi connectivity index (χ4v) is 3.65. The Bertz CT molecular complexity index is 625.